The van der Waals surface area contributed by atoms with E-state index in [1.807, 2.05) is 13.8 Å². The van der Waals surface area contributed by atoms with Crippen molar-refractivity contribution in [1.82, 2.24) is 29.2 Å². The van der Waals surface area contributed by atoms with Crippen LogP contribution in [0.25, 0.3) is 11.3 Å². The van der Waals surface area contributed by atoms with Crippen molar-refractivity contribution in [1.29, 1.82) is 0 Å². The lowest BCUT2D eigenvalue weighted by Gasteiger charge is -2.17. The molecule has 0 aliphatic rings. The van der Waals surface area contributed by atoms with Gasteiger partial charge in [0.1, 0.15) is 16.1 Å². The van der Waals surface area contributed by atoms with Gasteiger partial charge in [-0.25, -0.2) is 43.0 Å². The van der Waals surface area contributed by atoms with Crippen LogP contribution in [0.1, 0.15) is 166 Å². The van der Waals surface area contributed by atoms with E-state index in [4.69, 9.17) is 38.8 Å². The zero-order valence-electron chi connectivity index (χ0n) is 54.2. The Labute approximate surface area is 553 Å². The van der Waals surface area contributed by atoms with Crippen molar-refractivity contribution in [2.75, 3.05) is 26.6 Å². The van der Waals surface area contributed by atoms with Crippen LogP contribution < -0.4 is 5.73 Å². The molecule has 94 heavy (non-hydrogen) atoms. The lowest BCUT2D eigenvalue weighted by Crippen LogP contribution is -2.17. The average Bonchev–Trinajstić information content (AvgIpc) is 1.84. The van der Waals surface area contributed by atoms with Gasteiger partial charge in [-0.05, 0) is 145 Å². The number of rotatable bonds is 14. The van der Waals surface area contributed by atoms with Crippen molar-refractivity contribution >= 4 is 81.9 Å². The molecule has 9 rings (SSSR count). The molecule has 0 spiro atoms. The molecule has 9 aromatic rings. The Kier molecular flexibility index (Phi) is 27.9. The van der Waals surface area contributed by atoms with Crippen LogP contribution in [0.4, 0.5) is 10.6 Å². The minimum absolute atomic E-state index is 0.0172. The lowest BCUT2D eigenvalue weighted by atomic mass is 9.96. The van der Waals surface area contributed by atoms with E-state index in [-0.39, 0.29) is 47.6 Å². The van der Waals surface area contributed by atoms with Crippen LogP contribution in [0.15, 0.2) is 158 Å². The highest BCUT2D eigenvalue weighted by Gasteiger charge is 2.21. The van der Waals surface area contributed by atoms with E-state index in [2.05, 4.69) is 34.4 Å². The number of benzene rings is 5. The molecule has 7 N–H and O–H groups in total. The fourth-order valence-electron chi connectivity index (χ4n) is 7.76. The summed E-state index contributed by atoms with van der Waals surface area (Å²) in [5.74, 6) is -1.99. The topological polar surface area (TPSA) is 344 Å². The number of ketones is 2. The maximum absolute atomic E-state index is 12.4. The van der Waals surface area contributed by atoms with Crippen LogP contribution in [0.5, 0.6) is 0 Å². The standard InChI is InChI=1S/C17H16ClN3O2.C15H20O5.C11H14O3.C10H12O3.C10H10O3.C6H5ClN4/c1-17(2,23)12-5-3-11(4-6-12)14(22)9-13-10-15(18)21-16(20-13)7-8-19-21;1-10(2)9-19-14(17)20-13(16)11-5-7-12(8-6-11)15(3,4)18;1-11(2,13)9-6-4-8(5-7-9)10(12)14-3;1-10(2,13)8-5-3-7(4-6-8)9(11)12;1-7(11)8-3-5-9(6-4-8)10(12)13-2;7-4-3-5(8)10-6-1-2-9-11(4)6/h3-8,10,23H,9H2,1-2H3;5-8,10,18H,9H2,1-4H3;4-7,13H,1-3H3;3-6,13H,1-2H3,(H,11,12);3-6H,1-2H3;1-3H,(H2,8,10). The Morgan fingerprint density at radius 2 is 0.840 bits per heavy atom. The minimum atomic E-state index is -1.00. The van der Waals surface area contributed by atoms with E-state index in [0.29, 0.717) is 66.5 Å². The molecule has 4 heterocycles. The van der Waals surface area contributed by atoms with Gasteiger partial charge < -0.3 is 50.2 Å². The van der Waals surface area contributed by atoms with Crippen molar-refractivity contribution in [3.63, 3.8) is 0 Å². The van der Waals surface area contributed by atoms with Gasteiger partial charge in [-0.1, -0.05) is 110 Å². The SMILES string of the molecule is CC(C)(O)c1ccc(C(=O)Cc2cc(Cl)n3nccc3n2)cc1.CC(C)(O)c1ccc(C(=O)O)cc1.CC(C)COC(=O)OC(=O)c1ccc(C(C)(C)O)cc1.COC(=O)c1ccc(C(C)(C)O)cc1.COC(=O)c1ccc(C(C)=O)cc1.Nc1cc(Cl)n2nccc2n1. The predicted octanol–water partition coefficient (Wildman–Crippen LogP) is 11.9. The van der Waals surface area contributed by atoms with Crippen LogP contribution >= 0.6 is 23.2 Å². The van der Waals surface area contributed by atoms with Gasteiger partial charge in [0.25, 0.3) is 0 Å². The molecular weight excluding hydrogens is 1250 g/mol. The minimum Gasteiger partial charge on any atom is -0.478 e. The number of carboxylic acid groups (broad SMARTS) is 1. The first-order chi connectivity index (χ1) is 43.8. The molecule has 0 bridgehead atoms. The molecule has 0 unspecified atom stereocenters. The molecule has 498 valence electrons. The number of esters is 3. The van der Waals surface area contributed by atoms with Crippen LogP contribution in [-0.2, 0) is 47.8 Å². The number of fused-ring (bicyclic) bond motifs is 2. The first kappa shape index (κ1) is 76.7. The number of Topliss-reactive ketones (excluding diaryl/α,β-unsaturated/α-hetero) is 2. The van der Waals surface area contributed by atoms with Crippen molar-refractivity contribution in [2.24, 2.45) is 5.92 Å². The third-order valence-electron chi connectivity index (χ3n) is 13.1. The fraction of sp³-hybridized carbons (Fsp3) is 0.290. The quantitative estimate of drug-likeness (QED) is 0.0194. The van der Waals surface area contributed by atoms with Crippen molar-refractivity contribution in [3.8, 4) is 0 Å². The van der Waals surface area contributed by atoms with E-state index in [0.717, 1.165) is 11.1 Å². The highest BCUT2D eigenvalue weighted by molar-refractivity contribution is 6.30. The summed E-state index contributed by atoms with van der Waals surface area (Å²) in [6, 6.07) is 39.1. The molecule has 5 aromatic carbocycles. The molecular formula is C69H77Cl2N7O16. The number of aromatic nitrogens is 6. The summed E-state index contributed by atoms with van der Waals surface area (Å²) in [5, 5.41) is 56.4. The molecule has 0 fully saturated rings. The number of anilines is 1. The molecule has 0 saturated heterocycles. The largest absolute Gasteiger partial charge is 0.516 e. The Bertz CT molecular complexity index is 4010. The molecule has 23 nitrogen and oxygen atoms in total. The Morgan fingerprint density at radius 1 is 0.500 bits per heavy atom. The summed E-state index contributed by atoms with van der Waals surface area (Å²) in [6.07, 6.45) is 2.38. The van der Waals surface area contributed by atoms with E-state index in [9.17, 15) is 54.0 Å². The molecule has 0 aliphatic carbocycles. The summed E-state index contributed by atoms with van der Waals surface area (Å²) in [7, 11) is 2.66. The molecule has 0 amide bonds. The van der Waals surface area contributed by atoms with Crippen molar-refractivity contribution in [3.05, 3.63) is 230 Å². The van der Waals surface area contributed by atoms with Gasteiger partial charge in [0.2, 0.25) is 0 Å². The van der Waals surface area contributed by atoms with E-state index >= 15 is 0 Å². The number of aromatic carboxylic acids is 1. The number of aliphatic hydroxyl groups is 4. The monoisotopic (exact) mass is 1330 g/mol. The number of hydrogen-bond acceptors (Lipinski definition) is 20. The van der Waals surface area contributed by atoms with Crippen molar-refractivity contribution in [2.45, 2.75) is 105 Å². The number of nitrogen functional groups attached to an aromatic ring is 1. The maximum atomic E-state index is 12.4. The van der Waals surface area contributed by atoms with Crippen LogP contribution in [-0.4, -0.2) is 117 Å². The zero-order chi connectivity index (χ0) is 70.5. The first-order valence-electron chi connectivity index (χ1n) is 28.8. The number of halogens is 2. The maximum Gasteiger partial charge on any atom is 0.516 e. The summed E-state index contributed by atoms with van der Waals surface area (Å²) < 4.78 is 21.4. The van der Waals surface area contributed by atoms with Crippen molar-refractivity contribution < 1.29 is 78.0 Å². The summed E-state index contributed by atoms with van der Waals surface area (Å²) in [4.78, 5) is 87.1. The third kappa shape index (κ3) is 24.4. The highest BCUT2D eigenvalue weighted by Crippen LogP contribution is 2.24. The Balaban J connectivity index is 0.000000245. The highest BCUT2D eigenvalue weighted by atomic mass is 35.5. The number of nitrogens with zero attached hydrogens (tertiary/aromatic N) is 6. The van der Waals surface area contributed by atoms with Gasteiger partial charge in [-0.2, -0.15) is 10.2 Å². The summed E-state index contributed by atoms with van der Waals surface area (Å²) in [6.45, 7) is 18.8. The second kappa shape index (κ2) is 34.2. The predicted molar refractivity (Wildman–Crippen MR) is 353 cm³/mol. The van der Waals surface area contributed by atoms with Gasteiger partial charge in [-0.3, -0.25) is 9.59 Å². The second-order valence-electron chi connectivity index (χ2n) is 23.2. The van der Waals surface area contributed by atoms with Crippen LogP contribution in [0.2, 0.25) is 10.3 Å². The van der Waals surface area contributed by atoms with Gasteiger partial charge in [0.05, 0.1) is 90.0 Å². The summed E-state index contributed by atoms with van der Waals surface area (Å²) >= 11 is 11.9. The van der Waals surface area contributed by atoms with Crippen LogP contribution in [0.3, 0.4) is 0 Å². The smallest absolute Gasteiger partial charge is 0.478 e. The zero-order valence-corrected chi connectivity index (χ0v) is 55.8. The van der Waals surface area contributed by atoms with Gasteiger partial charge in [0, 0.05) is 29.3 Å². The number of nitrogens with two attached hydrogens (primary N) is 1. The Hall–Kier alpha value is -9.75. The average molecular weight is 1330 g/mol. The molecule has 0 aliphatic heterocycles. The van der Waals surface area contributed by atoms with Gasteiger partial charge >= 0.3 is 30.0 Å². The lowest BCUT2D eigenvalue weighted by molar-refractivity contribution is 0.0347. The number of hydrogen-bond donors (Lipinski definition) is 6. The molecule has 4 aromatic heterocycles. The number of methoxy groups -OCH3 is 2. The fourth-order valence-corrected chi connectivity index (χ4v) is 8.26. The number of carbonyl (C=O) groups excluding carboxylic acids is 6. The number of carbonyl (C=O) groups is 7. The molecule has 0 saturated carbocycles. The number of carboxylic acids is 1. The van der Waals surface area contributed by atoms with Gasteiger partial charge in [0.15, 0.2) is 22.9 Å². The summed E-state index contributed by atoms with van der Waals surface area (Å²) in [5.41, 5.74) is 9.05. The Morgan fingerprint density at radius 3 is 1.20 bits per heavy atom. The molecule has 0 atom stereocenters. The third-order valence-corrected chi connectivity index (χ3v) is 13.6. The first-order valence-corrected chi connectivity index (χ1v) is 29.6. The molecule has 0 radical (unpaired) electrons. The normalized spacial score (nSPS) is 11.1. The second-order valence-corrected chi connectivity index (χ2v) is 24.0. The van der Waals surface area contributed by atoms with E-state index in [1.165, 1.54) is 54.4 Å². The van der Waals surface area contributed by atoms with Crippen LogP contribution in [0, 0.1) is 5.92 Å². The molecule has 25 heteroatoms. The van der Waals surface area contributed by atoms with E-state index in [1.54, 1.807) is 189 Å². The number of ether oxygens (including phenoxy) is 4. The van der Waals surface area contributed by atoms with Gasteiger partial charge in [-0.15, -0.1) is 0 Å². The van der Waals surface area contributed by atoms with E-state index < -0.39 is 46.5 Å².